The van der Waals surface area contributed by atoms with Crippen molar-refractivity contribution in [3.63, 3.8) is 0 Å². The van der Waals surface area contributed by atoms with Crippen LogP contribution < -0.4 is 15.2 Å². The third kappa shape index (κ3) is 1.34. The number of fused-ring (bicyclic) bond motifs is 1. The van der Waals surface area contributed by atoms with Crippen molar-refractivity contribution in [1.29, 1.82) is 0 Å². The minimum atomic E-state index is -0.00889. The summed E-state index contributed by atoms with van der Waals surface area (Å²) in [7, 11) is 1.67. The number of hydrogen-bond donors (Lipinski definition) is 1. The summed E-state index contributed by atoms with van der Waals surface area (Å²) in [5.74, 6) is 1.82. The van der Waals surface area contributed by atoms with E-state index >= 15 is 0 Å². The van der Waals surface area contributed by atoms with Crippen molar-refractivity contribution < 1.29 is 9.47 Å². The van der Waals surface area contributed by atoms with Gasteiger partial charge in [-0.15, -0.1) is 0 Å². The zero-order chi connectivity index (χ0) is 10.1. The first-order valence-corrected chi connectivity index (χ1v) is 4.85. The molecule has 0 aromatic heterocycles. The maximum atomic E-state index is 5.91. The standard InChI is InChI=1S/C11H15NO2/c1-3-7-4-8(13-2)5-9-10(12)6-14-11(7)9/h4-5,10H,3,6,12H2,1-2H3/t10-/m0/s1. The lowest BCUT2D eigenvalue weighted by Gasteiger charge is -2.09. The van der Waals surface area contributed by atoms with Gasteiger partial charge in [0.1, 0.15) is 18.1 Å². The maximum absolute atomic E-state index is 5.91. The molecule has 3 heteroatoms. The van der Waals surface area contributed by atoms with E-state index in [-0.39, 0.29) is 6.04 Å². The van der Waals surface area contributed by atoms with Gasteiger partial charge in [-0.1, -0.05) is 6.92 Å². The number of benzene rings is 1. The van der Waals surface area contributed by atoms with Gasteiger partial charge in [0, 0.05) is 5.56 Å². The van der Waals surface area contributed by atoms with Crippen LogP contribution in [0, 0.1) is 0 Å². The summed E-state index contributed by atoms with van der Waals surface area (Å²) in [4.78, 5) is 0. The molecule has 14 heavy (non-hydrogen) atoms. The van der Waals surface area contributed by atoms with Crippen molar-refractivity contribution in [2.45, 2.75) is 19.4 Å². The number of aryl methyl sites for hydroxylation is 1. The van der Waals surface area contributed by atoms with Crippen LogP contribution in [-0.2, 0) is 6.42 Å². The van der Waals surface area contributed by atoms with E-state index in [2.05, 4.69) is 6.92 Å². The average Bonchev–Trinajstić information content (AvgIpc) is 2.59. The molecule has 0 radical (unpaired) electrons. The van der Waals surface area contributed by atoms with Crippen LogP contribution in [0.4, 0.5) is 0 Å². The molecular weight excluding hydrogens is 178 g/mol. The molecule has 0 bridgehead atoms. The average molecular weight is 193 g/mol. The number of ether oxygens (including phenoxy) is 2. The molecule has 0 unspecified atom stereocenters. The molecule has 0 fully saturated rings. The molecule has 0 amide bonds. The predicted octanol–water partition coefficient (Wildman–Crippen LogP) is 1.65. The summed E-state index contributed by atoms with van der Waals surface area (Å²) in [5.41, 5.74) is 8.16. The highest BCUT2D eigenvalue weighted by atomic mass is 16.5. The quantitative estimate of drug-likeness (QED) is 0.776. The van der Waals surface area contributed by atoms with Crippen molar-refractivity contribution >= 4 is 0 Å². The van der Waals surface area contributed by atoms with Gasteiger partial charge in [0.2, 0.25) is 0 Å². The number of hydrogen-bond acceptors (Lipinski definition) is 3. The van der Waals surface area contributed by atoms with Gasteiger partial charge < -0.3 is 15.2 Å². The second-order valence-corrected chi connectivity index (χ2v) is 3.48. The summed E-state index contributed by atoms with van der Waals surface area (Å²) in [6.07, 6.45) is 0.937. The fourth-order valence-corrected chi connectivity index (χ4v) is 1.78. The van der Waals surface area contributed by atoms with Crippen molar-refractivity contribution in [2.75, 3.05) is 13.7 Å². The van der Waals surface area contributed by atoms with Crippen LogP contribution in [0.3, 0.4) is 0 Å². The Kier molecular flexibility index (Phi) is 2.33. The van der Waals surface area contributed by atoms with Crippen molar-refractivity contribution in [1.82, 2.24) is 0 Å². The lowest BCUT2D eigenvalue weighted by Crippen LogP contribution is -2.10. The first-order valence-electron chi connectivity index (χ1n) is 4.85. The maximum Gasteiger partial charge on any atom is 0.127 e. The Labute approximate surface area is 83.8 Å². The van der Waals surface area contributed by atoms with Crippen LogP contribution in [0.15, 0.2) is 12.1 Å². The molecule has 2 rings (SSSR count). The SMILES string of the molecule is CCc1cc(OC)cc2c1OC[C@@H]2N. The van der Waals surface area contributed by atoms with Crippen molar-refractivity contribution in [3.05, 3.63) is 23.3 Å². The molecule has 1 aliphatic rings. The third-order valence-electron chi connectivity index (χ3n) is 2.59. The second-order valence-electron chi connectivity index (χ2n) is 3.48. The molecule has 1 aromatic carbocycles. The molecule has 2 N–H and O–H groups in total. The Morgan fingerprint density at radius 2 is 2.36 bits per heavy atom. The highest BCUT2D eigenvalue weighted by Gasteiger charge is 2.23. The molecule has 0 spiro atoms. The zero-order valence-corrected chi connectivity index (χ0v) is 8.54. The lowest BCUT2D eigenvalue weighted by molar-refractivity contribution is 0.330. The monoisotopic (exact) mass is 193 g/mol. The number of nitrogens with two attached hydrogens (primary N) is 1. The fraction of sp³-hybridized carbons (Fsp3) is 0.455. The highest BCUT2D eigenvalue weighted by molar-refractivity contribution is 5.50. The number of rotatable bonds is 2. The molecule has 1 heterocycles. The van der Waals surface area contributed by atoms with E-state index in [1.807, 2.05) is 12.1 Å². The summed E-state index contributed by atoms with van der Waals surface area (Å²) < 4.78 is 10.8. The van der Waals surface area contributed by atoms with Crippen LogP contribution in [0.25, 0.3) is 0 Å². The first kappa shape index (κ1) is 9.34. The van der Waals surface area contributed by atoms with Crippen molar-refractivity contribution in [3.8, 4) is 11.5 Å². The Balaban J connectivity index is 2.52. The molecule has 0 saturated heterocycles. The van der Waals surface area contributed by atoms with Gasteiger partial charge in [-0.25, -0.2) is 0 Å². The van der Waals surface area contributed by atoms with Gasteiger partial charge in [-0.05, 0) is 24.1 Å². The van der Waals surface area contributed by atoms with Crippen LogP contribution in [0.2, 0.25) is 0 Å². The summed E-state index contributed by atoms with van der Waals surface area (Å²) in [6, 6.07) is 3.97. The first-order chi connectivity index (χ1) is 6.76. The highest BCUT2D eigenvalue weighted by Crippen LogP contribution is 2.37. The molecule has 76 valence electrons. The fourth-order valence-electron chi connectivity index (χ4n) is 1.78. The van der Waals surface area contributed by atoms with Gasteiger partial charge in [0.25, 0.3) is 0 Å². The molecule has 1 aliphatic heterocycles. The predicted molar refractivity (Wildman–Crippen MR) is 54.8 cm³/mol. The van der Waals surface area contributed by atoms with E-state index < -0.39 is 0 Å². The van der Waals surface area contributed by atoms with E-state index in [1.54, 1.807) is 7.11 Å². The van der Waals surface area contributed by atoms with Crippen LogP contribution >= 0.6 is 0 Å². The second kappa shape index (κ2) is 3.50. The van der Waals surface area contributed by atoms with Gasteiger partial charge in [0.15, 0.2) is 0 Å². The molecule has 0 saturated carbocycles. The van der Waals surface area contributed by atoms with Gasteiger partial charge in [0.05, 0.1) is 13.2 Å². The van der Waals surface area contributed by atoms with Gasteiger partial charge in [-0.3, -0.25) is 0 Å². The largest absolute Gasteiger partial charge is 0.497 e. The summed E-state index contributed by atoms with van der Waals surface area (Å²) >= 11 is 0. The van der Waals surface area contributed by atoms with Gasteiger partial charge >= 0.3 is 0 Å². The lowest BCUT2D eigenvalue weighted by atomic mass is 10.0. The zero-order valence-electron chi connectivity index (χ0n) is 8.54. The molecule has 1 aromatic rings. The van der Waals surface area contributed by atoms with Crippen LogP contribution in [0.1, 0.15) is 24.1 Å². The van der Waals surface area contributed by atoms with Gasteiger partial charge in [-0.2, -0.15) is 0 Å². The smallest absolute Gasteiger partial charge is 0.127 e. The van der Waals surface area contributed by atoms with E-state index in [1.165, 1.54) is 5.56 Å². The third-order valence-corrected chi connectivity index (χ3v) is 2.59. The minimum absolute atomic E-state index is 0.00889. The Bertz CT molecular complexity index is 349. The molecule has 1 atom stereocenters. The van der Waals surface area contributed by atoms with Crippen LogP contribution in [-0.4, -0.2) is 13.7 Å². The molecular formula is C11H15NO2. The van der Waals surface area contributed by atoms with E-state index in [0.717, 1.165) is 23.5 Å². The van der Waals surface area contributed by atoms with E-state index in [4.69, 9.17) is 15.2 Å². The summed E-state index contributed by atoms with van der Waals surface area (Å²) in [6.45, 7) is 2.68. The van der Waals surface area contributed by atoms with E-state index in [0.29, 0.717) is 6.61 Å². The van der Waals surface area contributed by atoms with Crippen molar-refractivity contribution in [2.24, 2.45) is 5.73 Å². The Hall–Kier alpha value is -1.22. The Morgan fingerprint density at radius 3 is 3.00 bits per heavy atom. The topological polar surface area (TPSA) is 44.5 Å². The normalized spacial score (nSPS) is 18.9. The minimum Gasteiger partial charge on any atom is -0.497 e. The molecule has 0 aliphatic carbocycles. The number of methoxy groups -OCH3 is 1. The molecule has 3 nitrogen and oxygen atoms in total. The van der Waals surface area contributed by atoms with Crippen LogP contribution in [0.5, 0.6) is 11.5 Å². The Morgan fingerprint density at radius 1 is 1.57 bits per heavy atom. The van der Waals surface area contributed by atoms with E-state index in [9.17, 15) is 0 Å². The summed E-state index contributed by atoms with van der Waals surface area (Å²) in [5, 5.41) is 0.